The Morgan fingerprint density at radius 1 is 1.00 bits per heavy atom. The van der Waals surface area contributed by atoms with Crippen LogP contribution >= 0.6 is 0 Å². The highest BCUT2D eigenvalue weighted by molar-refractivity contribution is 5.88. The first kappa shape index (κ1) is 22.1. The second kappa shape index (κ2) is 9.65. The van der Waals surface area contributed by atoms with Crippen molar-refractivity contribution < 1.29 is 24.3 Å². The lowest BCUT2D eigenvalue weighted by molar-refractivity contribution is -0.908. The molecule has 2 aromatic rings. The Kier molecular flexibility index (Phi) is 6.47. The van der Waals surface area contributed by atoms with E-state index in [1.54, 1.807) is 0 Å². The Labute approximate surface area is 194 Å². The van der Waals surface area contributed by atoms with Crippen molar-refractivity contribution in [1.82, 2.24) is 4.90 Å². The van der Waals surface area contributed by atoms with Gasteiger partial charge in [0.15, 0.2) is 0 Å². The number of nitrogens with one attached hydrogen (secondary N) is 1. The molecular weight excluding hydrogens is 416 g/mol. The van der Waals surface area contributed by atoms with Crippen LogP contribution in [-0.2, 0) is 20.9 Å². The molecule has 2 bridgehead atoms. The van der Waals surface area contributed by atoms with Crippen LogP contribution in [0.5, 0.6) is 0 Å². The van der Waals surface area contributed by atoms with E-state index in [0.717, 1.165) is 62.0 Å². The highest BCUT2D eigenvalue weighted by Gasteiger charge is 2.49. The monoisotopic (exact) mass is 448 g/mol. The number of carboxylic acid groups (broad SMARTS) is 1. The predicted octanol–water partition coefficient (Wildman–Crippen LogP) is 0.662. The topological polar surface area (TPSA) is 74.1 Å². The lowest BCUT2D eigenvalue weighted by Gasteiger charge is -2.34. The van der Waals surface area contributed by atoms with Gasteiger partial charge in [-0.1, -0.05) is 54.6 Å². The summed E-state index contributed by atoms with van der Waals surface area (Å²) in [6.45, 7) is 5.70. The normalized spacial score (nSPS) is 26.7. The number of nitrogens with zero attached hydrogens (tertiary/aromatic N) is 1. The van der Waals surface area contributed by atoms with Gasteiger partial charge in [0.25, 0.3) is 0 Å². The van der Waals surface area contributed by atoms with Crippen LogP contribution in [0.3, 0.4) is 0 Å². The number of carbonyl (C=O) groups is 2. The van der Waals surface area contributed by atoms with Gasteiger partial charge in [-0.2, -0.15) is 0 Å². The van der Waals surface area contributed by atoms with Crippen molar-refractivity contribution in [1.29, 1.82) is 0 Å². The molecule has 0 aromatic heterocycles. The number of carbonyl (C=O) groups excluding carboxylic acids is 2. The number of hydrogen-bond acceptors (Lipinski definition) is 4. The molecule has 2 aliphatic carbocycles. The summed E-state index contributed by atoms with van der Waals surface area (Å²) in [6.07, 6.45) is 5.64. The van der Waals surface area contributed by atoms with Gasteiger partial charge >= 0.3 is 0 Å². The molecule has 6 heteroatoms. The van der Waals surface area contributed by atoms with Crippen LogP contribution in [-0.4, -0.2) is 56.2 Å². The van der Waals surface area contributed by atoms with Crippen molar-refractivity contribution >= 4 is 22.6 Å². The minimum absolute atomic E-state index is 0.00489. The van der Waals surface area contributed by atoms with Crippen LogP contribution in [0.25, 0.3) is 10.8 Å². The summed E-state index contributed by atoms with van der Waals surface area (Å²) in [5.74, 6) is -2.43. The Morgan fingerprint density at radius 3 is 2.52 bits per heavy atom. The number of allylic oxidation sites excluding steroid dienone is 2. The molecule has 1 aliphatic heterocycles. The standard InChI is InChI=1S/C27H32N2O4/c30-26(24-20-9-10-21(17-20)25(24)27(31)32)29(12-4-11-28-13-15-33-16-14-28)18-22-7-3-6-19-5-1-2-8-23(19)22/h1-3,5-10,20-21,24-25H,4,11-18H2,(H,31,32)/t20-,21-,24+,25-/m1/s1. The van der Waals surface area contributed by atoms with Gasteiger partial charge in [0, 0.05) is 31.4 Å². The Balaban J connectivity index is 1.37. The third-order valence-electron chi connectivity index (χ3n) is 7.73. The van der Waals surface area contributed by atoms with E-state index in [4.69, 9.17) is 4.74 Å². The number of aliphatic carboxylic acids is 1. The van der Waals surface area contributed by atoms with Crippen molar-refractivity contribution in [2.75, 3.05) is 39.4 Å². The second-order valence-electron chi connectivity index (χ2n) is 9.68. The van der Waals surface area contributed by atoms with E-state index in [1.165, 1.54) is 4.90 Å². The summed E-state index contributed by atoms with van der Waals surface area (Å²) in [5.41, 5.74) is 1.10. The fourth-order valence-electron chi connectivity index (χ4n) is 6.02. The van der Waals surface area contributed by atoms with Crippen LogP contribution in [0.2, 0.25) is 0 Å². The van der Waals surface area contributed by atoms with Crippen molar-refractivity contribution in [3.63, 3.8) is 0 Å². The van der Waals surface area contributed by atoms with Crippen molar-refractivity contribution in [3.05, 3.63) is 60.2 Å². The highest BCUT2D eigenvalue weighted by Crippen LogP contribution is 2.48. The molecule has 0 unspecified atom stereocenters. The summed E-state index contributed by atoms with van der Waals surface area (Å²) >= 11 is 0. The number of amides is 1. The van der Waals surface area contributed by atoms with E-state index in [2.05, 4.69) is 24.3 Å². The summed E-state index contributed by atoms with van der Waals surface area (Å²) in [7, 11) is 0. The number of benzene rings is 2. The van der Waals surface area contributed by atoms with Gasteiger partial charge in [-0.15, -0.1) is 0 Å². The summed E-state index contributed by atoms with van der Waals surface area (Å²) in [4.78, 5) is 29.2. The molecule has 33 heavy (non-hydrogen) atoms. The molecule has 1 amide bonds. The minimum Gasteiger partial charge on any atom is -0.550 e. The molecule has 1 saturated carbocycles. The van der Waals surface area contributed by atoms with Gasteiger partial charge in [0.1, 0.15) is 13.1 Å². The molecule has 5 rings (SSSR count). The van der Waals surface area contributed by atoms with Crippen LogP contribution in [0.15, 0.2) is 54.6 Å². The van der Waals surface area contributed by atoms with Gasteiger partial charge in [-0.05, 0) is 34.6 Å². The molecule has 0 radical (unpaired) electrons. The summed E-state index contributed by atoms with van der Waals surface area (Å²) in [6, 6.07) is 14.4. The van der Waals surface area contributed by atoms with Crippen molar-refractivity contribution in [2.45, 2.75) is 19.4 Å². The zero-order valence-electron chi connectivity index (χ0n) is 18.9. The molecule has 2 fully saturated rings. The second-order valence-corrected chi connectivity index (χ2v) is 9.68. The molecule has 3 aliphatic rings. The molecule has 1 N–H and O–H groups in total. The maximum Gasteiger partial charge on any atom is 0.227 e. The summed E-state index contributed by atoms with van der Waals surface area (Å²) in [5, 5.41) is 14.2. The molecule has 4 atom stereocenters. The van der Waals surface area contributed by atoms with E-state index in [9.17, 15) is 14.7 Å². The first-order valence-corrected chi connectivity index (χ1v) is 12.2. The van der Waals surface area contributed by atoms with Gasteiger partial charge in [-0.3, -0.25) is 4.79 Å². The number of morpholine rings is 1. The van der Waals surface area contributed by atoms with Crippen molar-refractivity contribution in [2.24, 2.45) is 23.7 Å². The molecule has 1 heterocycles. The third-order valence-corrected chi connectivity index (χ3v) is 7.73. The van der Waals surface area contributed by atoms with Gasteiger partial charge < -0.3 is 24.4 Å². The fourth-order valence-corrected chi connectivity index (χ4v) is 6.02. The fraction of sp³-hybridized carbons (Fsp3) is 0.481. The van der Waals surface area contributed by atoms with Crippen molar-refractivity contribution in [3.8, 4) is 0 Å². The SMILES string of the molecule is O=C([O-])[C@H]1[C@@H](C(=O)N(CCC[NH+]2CCOCC2)Cc2cccc3ccccc23)[C@@H]2C=C[C@@H]1C2. The van der Waals surface area contributed by atoms with E-state index >= 15 is 0 Å². The van der Waals surface area contributed by atoms with Crippen LogP contribution < -0.4 is 10.0 Å². The minimum atomic E-state index is -1.09. The van der Waals surface area contributed by atoms with Crippen LogP contribution in [0.4, 0.5) is 0 Å². The van der Waals surface area contributed by atoms with Gasteiger partial charge in [-0.25, -0.2) is 0 Å². The first-order chi connectivity index (χ1) is 16.1. The molecule has 0 spiro atoms. The highest BCUT2D eigenvalue weighted by atomic mass is 16.5. The Bertz CT molecular complexity index is 1040. The third kappa shape index (κ3) is 4.55. The average molecular weight is 449 g/mol. The molecule has 174 valence electrons. The number of rotatable bonds is 8. The maximum absolute atomic E-state index is 13.8. The number of quaternary nitrogens is 1. The van der Waals surface area contributed by atoms with Gasteiger partial charge in [0.2, 0.25) is 5.91 Å². The van der Waals surface area contributed by atoms with E-state index in [-0.39, 0.29) is 17.7 Å². The number of hydrogen-bond donors (Lipinski definition) is 1. The van der Waals surface area contributed by atoms with Crippen LogP contribution in [0.1, 0.15) is 18.4 Å². The first-order valence-electron chi connectivity index (χ1n) is 12.2. The molecule has 6 nitrogen and oxygen atoms in total. The zero-order valence-corrected chi connectivity index (χ0v) is 18.9. The average Bonchev–Trinajstić information content (AvgIpc) is 3.46. The molecular formula is C27H32N2O4. The quantitative estimate of drug-likeness (QED) is 0.603. The largest absolute Gasteiger partial charge is 0.550 e. The number of carboxylic acids is 1. The van der Waals surface area contributed by atoms with E-state index < -0.39 is 17.8 Å². The van der Waals surface area contributed by atoms with Crippen LogP contribution in [0, 0.1) is 23.7 Å². The Morgan fingerprint density at radius 2 is 1.73 bits per heavy atom. The lowest BCUT2D eigenvalue weighted by atomic mass is 9.82. The lowest BCUT2D eigenvalue weighted by Crippen LogP contribution is -3.14. The number of fused-ring (bicyclic) bond motifs is 3. The summed E-state index contributed by atoms with van der Waals surface area (Å²) < 4.78 is 5.46. The maximum atomic E-state index is 13.8. The zero-order chi connectivity index (χ0) is 22.8. The predicted molar refractivity (Wildman–Crippen MR) is 123 cm³/mol. The van der Waals surface area contributed by atoms with E-state index in [0.29, 0.717) is 13.1 Å². The smallest absolute Gasteiger partial charge is 0.227 e. The molecule has 1 saturated heterocycles. The Hall–Kier alpha value is -2.70. The van der Waals surface area contributed by atoms with E-state index in [1.807, 2.05) is 35.3 Å². The number of ether oxygens (including phenoxy) is 1. The van der Waals surface area contributed by atoms with Gasteiger partial charge in [0.05, 0.1) is 25.7 Å². The molecule has 2 aromatic carbocycles.